The summed E-state index contributed by atoms with van der Waals surface area (Å²) in [5.41, 5.74) is 6.91. The van der Waals surface area contributed by atoms with Crippen molar-refractivity contribution >= 4 is 41.2 Å². The Hall–Kier alpha value is -3.62. The molecular formula is C24H19ClN6OS. The molecule has 1 aliphatic heterocycles. The molecular weight excluding hydrogens is 456 g/mol. The van der Waals surface area contributed by atoms with Crippen molar-refractivity contribution in [2.45, 2.75) is 11.8 Å². The summed E-state index contributed by atoms with van der Waals surface area (Å²) in [5, 5.41) is 18.7. The van der Waals surface area contributed by atoms with Gasteiger partial charge < -0.3 is 4.74 Å². The molecule has 0 saturated heterocycles. The molecule has 1 aliphatic rings. The summed E-state index contributed by atoms with van der Waals surface area (Å²) in [6, 6.07) is 25.4. The molecule has 0 atom stereocenters. The Labute approximate surface area is 200 Å². The first-order chi connectivity index (χ1) is 16.2. The Morgan fingerprint density at radius 3 is 2.58 bits per heavy atom. The van der Waals surface area contributed by atoms with Gasteiger partial charge >= 0.3 is 0 Å². The fourth-order valence-corrected chi connectivity index (χ4v) is 4.10. The Bertz CT molecular complexity index is 1290. The quantitative estimate of drug-likeness (QED) is 0.290. The van der Waals surface area contributed by atoms with Gasteiger partial charge in [0.25, 0.3) is 5.95 Å². The molecule has 5 rings (SSSR count). The van der Waals surface area contributed by atoms with E-state index in [0.717, 1.165) is 28.2 Å². The van der Waals surface area contributed by atoms with E-state index in [-0.39, 0.29) is 0 Å². The molecule has 0 radical (unpaired) electrons. The van der Waals surface area contributed by atoms with Crippen LogP contribution in [0.1, 0.15) is 16.7 Å². The van der Waals surface area contributed by atoms with Crippen LogP contribution in [0, 0.1) is 0 Å². The van der Waals surface area contributed by atoms with E-state index in [2.05, 4.69) is 25.8 Å². The van der Waals surface area contributed by atoms with E-state index in [1.165, 1.54) is 0 Å². The van der Waals surface area contributed by atoms with E-state index in [4.69, 9.17) is 16.3 Å². The zero-order valence-electron chi connectivity index (χ0n) is 17.4. The minimum atomic E-state index is 0.447. The standard InChI is InChI=1S/C24H19ClN6OS/c25-20-10-8-19(9-11-20)22-16-33-24-29-28-23(31(24)30-22)27-26-14-17-6-12-21(13-7-17)32-15-18-4-2-1-3-5-18/h1-14H,15-16H2,(H,27,28)/b26-14+. The molecule has 0 aliphatic carbocycles. The van der Waals surface area contributed by atoms with Crippen molar-refractivity contribution in [3.05, 3.63) is 101 Å². The molecule has 0 spiro atoms. The lowest BCUT2D eigenvalue weighted by molar-refractivity contribution is 0.306. The maximum Gasteiger partial charge on any atom is 0.266 e. The van der Waals surface area contributed by atoms with Gasteiger partial charge in [0, 0.05) is 10.8 Å². The summed E-state index contributed by atoms with van der Waals surface area (Å²) in [6.07, 6.45) is 1.71. The number of aromatic nitrogens is 3. The average Bonchev–Trinajstić information content (AvgIpc) is 3.27. The first kappa shape index (κ1) is 21.2. The lowest BCUT2D eigenvalue weighted by Crippen LogP contribution is -2.14. The fourth-order valence-electron chi connectivity index (χ4n) is 3.14. The Balaban J connectivity index is 1.22. The third-order valence-electron chi connectivity index (χ3n) is 4.85. The van der Waals surface area contributed by atoms with Crippen LogP contribution in [0.25, 0.3) is 0 Å². The molecule has 3 aromatic carbocycles. The normalized spacial score (nSPS) is 12.9. The number of nitrogens with zero attached hydrogens (tertiary/aromatic N) is 5. The molecule has 7 nitrogen and oxygen atoms in total. The van der Waals surface area contributed by atoms with Crippen LogP contribution in [-0.2, 0) is 6.61 Å². The monoisotopic (exact) mass is 474 g/mol. The highest BCUT2D eigenvalue weighted by atomic mass is 35.5. The number of hydrazone groups is 1. The lowest BCUT2D eigenvalue weighted by atomic mass is 10.1. The van der Waals surface area contributed by atoms with Crippen molar-refractivity contribution < 1.29 is 4.74 Å². The van der Waals surface area contributed by atoms with Crippen LogP contribution in [0.15, 0.2) is 94.2 Å². The molecule has 2 heterocycles. The van der Waals surface area contributed by atoms with Crippen LogP contribution >= 0.6 is 23.4 Å². The number of ether oxygens (including phenoxy) is 1. The number of halogens is 1. The van der Waals surface area contributed by atoms with Crippen molar-refractivity contribution in [3.8, 4) is 5.75 Å². The van der Waals surface area contributed by atoms with E-state index < -0.39 is 0 Å². The number of anilines is 1. The summed E-state index contributed by atoms with van der Waals surface area (Å²) in [4.78, 5) is 0. The maximum absolute atomic E-state index is 5.99. The van der Waals surface area contributed by atoms with E-state index in [9.17, 15) is 0 Å². The largest absolute Gasteiger partial charge is 0.489 e. The minimum absolute atomic E-state index is 0.447. The molecule has 0 amide bonds. The number of rotatable bonds is 7. The second-order valence-corrected chi connectivity index (χ2v) is 8.55. The van der Waals surface area contributed by atoms with E-state index >= 15 is 0 Å². The van der Waals surface area contributed by atoms with Crippen LogP contribution in [0.5, 0.6) is 5.75 Å². The van der Waals surface area contributed by atoms with Crippen LogP contribution in [0.4, 0.5) is 5.95 Å². The smallest absolute Gasteiger partial charge is 0.266 e. The maximum atomic E-state index is 5.99. The summed E-state index contributed by atoms with van der Waals surface area (Å²) in [7, 11) is 0. The van der Waals surface area contributed by atoms with Crippen LogP contribution in [0.3, 0.4) is 0 Å². The van der Waals surface area contributed by atoms with Crippen LogP contribution in [-0.4, -0.2) is 32.6 Å². The number of nitrogens with one attached hydrogen (secondary N) is 1. The summed E-state index contributed by atoms with van der Waals surface area (Å²) in [6.45, 7) is 0.532. The SMILES string of the molecule is Clc1ccc(C2=Nn3c(N/N=C/c4ccc(OCc5ccccc5)cc4)nnc3SC2)cc1. The molecule has 4 aromatic rings. The van der Waals surface area contributed by atoms with Crippen molar-refractivity contribution in [2.24, 2.45) is 10.2 Å². The summed E-state index contributed by atoms with van der Waals surface area (Å²) in [5.74, 6) is 1.96. The van der Waals surface area contributed by atoms with Gasteiger partial charge in [0.1, 0.15) is 12.4 Å². The Morgan fingerprint density at radius 1 is 1.00 bits per heavy atom. The van der Waals surface area contributed by atoms with Gasteiger partial charge in [-0.1, -0.05) is 65.8 Å². The zero-order valence-corrected chi connectivity index (χ0v) is 19.0. The first-order valence-electron chi connectivity index (χ1n) is 10.2. The molecule has 0 unspecified atom stereocenters. The molecule has 9 heteroatoms. The number of thioether (sulfide) groups is 1. The van der Waals surface area contributed by atoms with E-state index in [0.29, 0.717) is 28.5 Å². The van der Waals surface area contributed by atoms with Gasteiger partial charge in [-0.05, 0) is 53.1 Å². The van der Waals surface area contributed by atoms with Crippen LogP contribution in [0.2, 0.25) is 5.02 Å². The van der Waals surface area contributed by atoms with Crippen molar-refractivity contribution in [1.29, 1.82) is 0 Å². The van der Waals surface area contributed by atoms with E-state index in [1.54, 1.807) is 22.7 Å². The molecule has 33 heavy (non-hydrogen) atoms. The highest BCUT2D eigenvalue weighted by Gasteiger charge is 2.19. The highest BCUT2D eigenvalue weighted by molar-refractivity contribution is 7.99. The third kappa shape index (κ3) is 5.24. The second kappa shape index (κ2) is 9.89. The molecule has 164 valence electrons. The predicted octanol–water partition coefficient (Wildman–Crippen LogP) is 5.31. The highest BCUT2D eigenvalue weighted by Crippen LogP contribution is 2.26. The number of benzene rings is 3. The topological polar surface area (TPSA) is 76.7 Å². The molecule has 1 aromatic heterocycles. The lowest BCUT2D eigenvalue weighted by Gasteiger charge is -2.13. The molecule has 0 bridgehead atoms. The van der Waals surface area contributed by atoms with Crippen molar-refractivity contribution in [1.82, 2.24) is 14.9 Å². The summed E-state index contributed by atoms with van der Waals surface area (Å²) < 4.78 is 7.48. The predicted molar refractivity (Wildman–Crippen MR) is 133 cm³/mol. The van der Waals surface area contributed by atoms with E-state index in [1.807, 2.05) is 78.9 Å². The van der Waals surface area contributed by atoms with Crippen molar-refractivity contribution in [3.63, 3.8) is 0 Å². The second-order valence-electron chi connectivity index (χ2n) is 7.17. The average molecular weight is 475 g/mol. The third-order valence-corrected chi connectivity index (χ3v) is 6.04. The zero-order chi connectivity index (χ0) is 22.5. The number of fused-ring (bicyclic) bond motifs is 1. The molecule has 0 saturated carbocycles. The molecule has 1 N–H and O–H groups in total. The van der Waals surface area contributed by atoms with Gasteiger partial charge in [-0.2, -0.15) is 14.9 Å². The minimum Gasteiger partial charge on any atom is -0.489 e. The van der Waals surface area contributed by atoms with Gasteiger partial charge in [0.15, 0.2) is 0 Å². The fraction of sp³-hybridized carbons (Fsp3) is 0.0833. The Morgan fingerprint density at radius 2 is 1.79 bits per heavy atom. The first-order valence-corrected chi connectivity index (χ1v) is 11.6. The van der Waals surface area contributed by atoms with Crippen LogP contribution < -0.4 is 10.2 Å². The Kier molecular flexibility index (Phi) is 6.37. The number of hydrogen-bond donors (Lipinski definition) is 1. The van der Waals surface area contributed by atoms with Gasteiger partial charge in [-0.25, -0.2) is 5.43 Å². The van der Waals surface area contributed by atoms with Crippen molar-refractivity contribution in [2.75, 3.05) is 11.2 Å². The summed E-state index contributed by atoms with van der Waals surface area (Å²) >= 11 is 7.56. The van der Waals surface area contributed by atoms with Gasteiger partial charge in [0.05, 0.1) is 11.9 Å². The number of hydrogen-bond acceptors (Lipinski definition) is 7. The van der Waals surface area contributed by atoms with Gasteiger partial charge in [0.2, 0.25) is 5.16 Å². The molecule has 0 fully saturated rings. The van der Waals surface area contributed by atoms with Gasteiger partial charge in [-0.3, -0.25) is 0 Å². The van der Waals surface area contributed by atoms with Gasteiger partial charge in [-0.15, -0.1) is 10.2 Å².